The van der Waals surface area contributed by atoms with Crippen LogP contribution >= 0.6 is 22.7 Å². The number of nitrogens with zero attached hydrogens (tertiary/aromatic N) is 2. The van der Waals surface area contributed by atoms with Gasteiger partial charge in [0.2, 0.25) is 0 Å². The van der Waals surface area contributed by atoms with Crippen LogP contribution in [-0.2, 0) is 9.59 Å². The standard InChI is InChI=1S/C24H28N2O2S2/c1-7-25-21(17-11-9-15(29-17)13(3)4)19-20(23(25)27)22(26(8-2)24(19)28)18-12-10-16(30-18)14(5)6/h9-14H,7-8H2,1-6H3. The van der Waals surface area contributed by atoms with Crippen LogP contribution in [0.5, 0.6) is 0 Å². The lowest BCUT2D eigenvalue weighted by Crippen LogP contribution is -2.29. The van der Waals surface area contributed by atoms with Crippen molar-refractivity contribution in [1.29, 1.82) is 0 Å². The maximum atomic E-state index is 13.5. The molecule has 2 aliphatic rings. The van der Waals surface area contributed by atoms with Gasteiger partial charge in [0.15, 0.2) is 0 Å². The second kappa shape index (κ2) is 7.82. The van der Waals surface area contributed by atoms with Gasteiger partial charge in [0.1, 0.15) is 0 Å². The Hall–Kier alpha value is -2.18. The van der Waals surface area contributed by atoms with Gasteiger partial charge in [0.05, 0.1) is 32.3 Å². The van der Waals surface area contributed by atoms with E-state index in [4.69, 9.17) is 0 Å². The van der Waals surface area contributed by atoms with Crippen LogP contribution in [0.1, 0.15) is 72.9 Å². The summed E-state index contributed by atoms with van der Waals surface area (Å²) in [5.41, 5.74) is 2.73. The molecule has 4 rings (SSSR count). The normalized spacial score (nSPS) is 16.9. The van der Waals surface area contributed by atoms with Gasteiger partial charge in [-0.15, -0.1) is 22.7 Å². The Morgan fingerprint density at radius 1 is 0.700 bits per heavy atom. The molecule has 0 fully saturated rings. The average molecular weight is 441 g/mol. The fourth-order valence-electron chi connectivity index (χ4n) is 4.09. The lowest BCUT2D eigenvalue weighted by molar-refractivity contribution is -0.124. The minimum atomic E-state index is -0.0548. The first kappa shape index (κ1) is 21.1. The third-order valence-electron chi connectivity index (χ3n) is 5.67. The highest BCUT2D eigenvalue weighted by atomic mass is 32.1. The minimum Gasteiger partial charge on any atom is -0.306 e. The molecule has 2 aromatic rings. The van der Waals surface area contributed by atoms with Gasteiger partial charge >= 0.3 is 0 Å². The van der Waals surface area contributed by atoms with Crippen molar-refractivity contribution >= 4 is 45.9 Å². The number of carbonyl (C=O) groups excluding carboxylic acids is 2. The number of likely N-dealkylation sites (N-methyl/N-ethyl adjacent to an activating group) is 2. The number of fused-ring (bicyclic) bond motifs is 1. The third kappa shape index (κ3) is 3.08. The number of rotatable bonds is 6. The molecule has 6 heteroatoms. The van der Waals surface area contributed by atoms with Crippen molar-refractivity contribution in [3.8, 4) is 0 Å². The summed E-state index contributed by atoms with van der Waals surface area (Å²) in [7, 11) is 0. The van der Waals surface area contributed by atoms with Gasteiger partial charge in [-0.1, -0.05) is 27.7 Å². The smallest absolute Gasteiger partial charge is 0.261 e. The van der Waals surface area contributed by atoms with E-state index < -0.39 is 0 Å². The number of carbonyl (C=O) groups is 2. The van der Waals surface area contributed by atoms with Crippen LogP contribution in [0.3, 0.4) is 0 Å². The van der Waals surface area contributed by atoms with E-state index in [-0.39, 0.29) is 11.8 Å². The molecule has 158 valence electrons. The van der Waals surface area contributed by atoms with Gasteiger partial charge in [-0.05, 0) is 49.9 Å². The second-order valence-corrected chi connectivity index (χ2v) is 10.5. The van der Waals surface area contributed by atoms with E-state index in [1.807, 2.05) is 13.8 Å². The highest BCUT2D eigenvalue weighted by molar-refractivity contribution is 7.13. The molecule has 0 N–H and O–H groups in total. The summed E-state index contributed by atoms with van der Waals surface area (Å²) in [6, 6.07) is 8.35. The molecule has 0 atom stereocenters. The van der Waals surface area contributed by atoms with E-state index in [0.29, 0.717) is 36.1 Å². The number of thiophene rings is 2. The molecule has 0 saturated carbocycles. The lowest BCUT2D eigenvalue weighted by Gasteiger charge is -2.22. The Morgan fingerprint density at radius 2 is 1.07 bits per heavy atom. The molecule has 0 radical (unpaired) electrons. The summed E-state index contributed by atoms with van der Waals surface area (Å²) in [6.07, 6.45) is 0. The summed E-state index contributed by atoms with van der Waals surface area (Å²) >= 11 is 3.36. The van der Waals surface area contributed by atoms with Crippen molar-refractivity contribution in [2.24, 2.45) is 0 Å². The fourth-order valence-corrected chi connectivity index (χ4v) is 6.23. The van der Waals surface area contributed by atoms with Crippen molar-refractivity contribution in [2.45, 2.75) is 53.4 Å². The van der Waals surface area contributed by atoms with Crippen molar-refractivity contribution in [2.75, 3.05) is 13.1 Å². The quantitative estimate of drug-likeness (QED) is 0.561. The van der Waals surface area contributed by atoms with Crippen LogP contribution in [0.25, 0.3) is 11.4 Å². The lowest BCUT2D eigenvalue weighted by atomic mass is 10.1. The Labute approximate surface area is 186 Å². The number of hydrogen-bond donors (Lipinski definition) is 0. The molecular weight excluding hydrogens is 412 g/mol. The van der Waals surface area contributed by atoms with Crippen LogP contribution in [-0.4, -0.2) is 34.7 Å². The Morgan fingerprint density at radius 3 is 1.33 bits per heavy atom. The van der Waals surface area contributed by atoms with Gasteiger partial charge in [0.25, 0.3) is 11.8 Å². The molecule has 30 heavy (non-hydrogen) atoms. The van der Waals surface area contributed by atoms with Crippen molar-refractivity contribution in [3.05, 3.63) is 54.9 Å². The summed E-state index contributed by atoms with van der Waals surface area (Å²) in [6.45, 7) is 13.7. The van der Waals surface area contributed by atoms with E-state index >= 15 is 0 Å². The van der Waals surface area contributed by atoms with Gasteiger partial charge in [-0.2, -0.15) is 0 Å². The molecule has 2 amide bonds. The van der Waals surface area contributed by atoms with Crippen LogP contribution in [0, 0.1) is 0 Å². The molecule has 0 bridgehead atoms. The first-order valence-corrected chi connectivity index (χ1v) is 12.3. The summed E-state index contributed by atoms with van der Waals surface area (Å²) in [5.74, 6) is 0.722. The monoisotopic (exact) mass is 440 g/mol. The number of hydrogen-bond acceptors (Lipinski definition) is 4. The van der Waals surface area contributed by atoms with E-state index in [0.717, 1.165) is 21.1 Å². The average Bonchev–Trinajstić information content (AvgIpc) is 3.45. The van der Waals surface area contributed by atoms with Gasteiger partial charge < -0.3 is 9.80 Å². The minimum absolute atomic E-state index is 0.0548. The Balaban J connectivity index is 1.95. The van der Waals surface area contributed by atoms with E-state index in [1.165, 1.54) is 9.75 Å². The molecule has 0 unspecified atom stereocenters. The topological polar surface area (TPSA) is 40.6 Å². The van der Waals surface area contributed by atoms with Crippen LogP contribution in [0.4, 0.5) is 0 Å². The van der Waals surface area contributed by atoms with Crippen LogP contribution < -0.4 is 0 Å². The summed E-state index contributed by atoms with van der Waals surface area (Å²) in [5, 5.41) is 0. The van der Waals surface area contributed by atoms with Crippen molar-refractivity contribution in [3.63, 3.8) is 0 Å². The largest absolute Gasteiger partial charge is 0.306 e. The van der Waals surface area contributed by atoms with E-state index in [2.05, 4.69) is 52.0 Å². The van der Waals surface area contributed by atoms with Gasteiger partial charge in [-0.3, -0.25) is 9.59 Å². The maximum absolute atomic E-state index is 13.5. The first-order chi connectivity index (χ1) is 14.3. The predicted molar refractivity (Wildman–Crippen MR) is 125 cm³/mol. The molecule has 0 saturated heterocycles. The van der Waals surface area contributed by atoms with Crippen molar-refractivity contribution < 1.29 is 9.59 Å². The molecule has 0 aromatic carbocycles. The number of amides is 2. The fraction of sp³-hybridized carbons (Fsp3) is 0.417. The van der Waals surface area contributed by atoms with Crippen LogP contribution in [0.2, 0.25) is 0 Å². The predicted octanol–water partition coefficient (Wildman–Crippen LogP) is 5.90. The molecule has 4 heterocycles. The zero-order valence-electron chi connectivity index (χ0n) is 18.4. The van der Waals surface area contributed by atoms with E-state index in [9.17, 15) is 9.59 Å². The zero-order chi connectivity index (χ0) is 21.7. The Kier molecular flexibility index (Phi) is 5.49. The molecule has 0 aliphatic carbocycles. The molecule has 4 nitrogen and oxygen atoms in total. The third-order valence-corrected chi connectivity index (χ3v) is 8.46. The molecule has 2 aromatic heterocycles. The van der Waals surface area contributed by atoms with Crippen molar-refractivity contribution in [1.82, 2.24) is 9.80 Å². The van der Waals surface area contributed by atoms with Crippen LogP contribution in [0.15, 0.2) is 35.4 Å². The SMILES string of the molecule is CCN1C(=O)C2=C(c3ccc(C(C)C)s3)N(CC)C(=O)C2=C1c1ccc(C(C)C)s1. The second-order valence-electron chi connectivity index (χ2n) is 8.26. The molecular formula is C24H28N2O2S2. The Bertz CT molecular complexity index is 998. The summed E-state index contributed by atoms with van der Waals surface area (Å²) < 4.78 is 0. The van der Waals surface area contributed by atoms with Gasteiger partial charge in [-0.25, -0.2) is 0 Å². The molecule has 2 aliphatic heterocycles. The van der Waals surface area contributed by atoms with E-state index in [1.54, 1.807) is 32.5 Å². The zero-order valence-corrected chi connectivity index (χ0v) is 20.0. The summed E-state index contributed by atoms with van der Waals surface area (Å²) in [4.78, 5) is 35.1. The van der Waals surface area contributed by atoms with Gasteiger partial charge in [0, 0.05) is 22.8 Å². The maximum Gasteiger partial charge on any atom is 0.261 e. The highest BCUT2D eigenvalue weighted by Gasteiger charge is 2.48. The highest BCUT2D eigenvalue weighted by Crippen LogP contribution is 2.48. The first-order valence-electron chi connectivity index (χ1n) is 10.6. The molecule has 0 spiro atoms.